The van der Waals surface area contributed by atoms with E-state index in [9.17, 15) is 0 Å². The highest BCUT2D eigenvalue weighted by Gasteiger charge is 2.20. The first-order valence-electron chi connectivity index (χ1n) is 8.71. The van der Waals surface area contributed by atoms with E-state index in [-0.39, 0.29) is 0 Å². The van der Waals surface area contributed by atoms with Crippen LogP contribution in [0.4, 0.5) is 5.82 Å². The molecule has 7 heteroatoms. The second kappa shape index (κ2) is 8.07. The number of pyridine rings is 1. The molecule has 7 nitrogen and oxygen atoms in total. The Morgan fingerprint density at radius 1 is 0.963 bits per heavy atom. The largest absolute Gasteiger partial charge is 0.493 e. The first-order valence-corrected chi connectivity index (χ1v) is 8.71. The number of methoxy groups -OCH3 is 3. The Hall–Kier alpha value is -3.09. The van der Waals surface area contributed by atoms with Gasteiger partial charge in [0, 0.05) is 13.2 Å². The lowest BCUT2D eigenvalue weighted by Gasteiger charge is -2.21. The van der Waals surface area contributed by atoms with E-state index in [0.717, 1.165) is 23.3 Å². The SMILES string of the molecule is CCc1ccc(CN(C)c2ncnc3c(OC)c(OC)c(OC)cc23)nc1. The molecule has 0 radical (unpaired) electrons. The summed E-state index contributed by atoms with van der Waals surface area (Å²) in [7, 11) is 6.73. The van der Waals surface area contributed by atoms with Gasteiger partial charge in [-0.15, -0.1) is 0 Å². The molecular formula is C20H24N4O3. The molecule has 2 aromatic heterocycles. The first-order chi connectivity index (χ1) is 13.1. The highest BCUT2D eigenvalue weighted by molar-refractivity contribution is 5.96. The van der Waals surface area contributed by atoms with Crippen LogP contribution in [-0.2, 0) is 13.0 Å². The summed E-state index contributed by atoms with van der Waals surface area (Å²) >= 11 is 0. The van der Waals surface area contributed by atoms with Crippen LogP contribution in [0.25, 0.3) is 10.9 Å². The molecule has 0 saturated heterocycles. The number of nitrogens with zero attached hydrogens (tertiary/aromatic N) is 4. The molecule has 0 N–H and O–H groups in total. The minimum Gasteiger partial charge on any atom is -0.493 e. The van der Waals surface area contributed by atoms with E-state index in [0.29, 0.717) is 29.3 Å². The molecule has 0 bridgehead atoms. The Balaban J connectivity index is 2.05. The molecule has 0 aliphatic heterocycles. The minimum absolute atomic E-state index is 0.511. The van der Waals surface area contributed by atoms with Gasteiger partial charge < -0.3 is 19.1 Å². The fraction of sp³-hybridized carbons (Fsp3) is 0.350. The van der Waals surface area contributed by atoms with Crippen LogP contribution in [0.2, 0.25) is 0 Å². The Morgan fingerprint density at radius 2 is 1.74 bits per heavy atom. The predicted octanol–water partition coefficient (Wildman–Crippen LogP) is 3.25. The van der Waals surface area contributed by atoms with E-state index in [1.807, 2.05) is 30.3 Å². The molecule has 0 aliphatic rings. The van der Waals surface area contributed by atoms with Gasteiger partial charge in [-0.3, -0.25) is 4.98 Å². The Labute approximate surface area is 158 Å². The average molecular weight is 368 g/mol. The van der Waals surface area contributed by atoms with Crippen molar-refractivity contribution in [2.75, 3.05) is 33.3 Å². The van der Waals surface area contributed by atoms with Gasteiger partial charge in [0.25, 0.3) is 0 Å². The van der Waals surface area contributed by atoms with Crippen LogP contribution in [-0.4, -0.2) is 43.3 Å². The maximum atomic E-state index is 5.54. The first kappa shape index (κ1) is 18.7. The summed E-state index contributed by atoms with van der Waals surface area (Å²) in [5, 5.41) is 0.819. The molecule has 1 aromatic carbocycles. The van der Waals surface area contributed by atoms with Crippen LogP contribution < -0.4 is 19.1 Å². The molecule has 3 rings (SSSR count). The van der Waals surface area contributed by atoms with Crippen molar-refractivity contribution in [1.29, 1.82) is 0 Å². The number of aromatic nitrogens is 3. The van der Waals surface area contributed by atoms with Crippen molar-refractivity contribution in [3.8, 4) is 17.2 Å². The summed E-state index contributed by atoms with van der Waals surface area (Å²) in [6, 6.07) is 6.02. The van der Waals surface area contributed by atoms with Crippen molar-refractivity contribution in [2.24, 2.45) is 0 Å². The molecule has 2 heterocycles. The predicted molar refractivity (Wildman–Crippen MR) is 105 cm³/mol. The zero-order chi connectivity index (χ0) is 19.4. The Kier molecular flexibility index (Phi) is 5.59. The van der Waals surface area contributed by atoms with Crippen molar-refractivity contribution in [3.05, 3.63) is 42.0 Å². The fourth-order valence-electron chi connectivity index (χ4n) is 3.03. The highest BCUT2D eigenvalue weighted by Crippen LogP contribution is 2.44. The van der Waals surface area contributed by atoms with Crippen molar-refractivity contribution < 1.29 is 14.2 Å². The van der Waals surface area contributed by atoms with Gasteiger partial charge in [0.2, 0.25) is 5.75 Å². The Morgan fingerprint density at radius 3 is 2.33 bits per heavy atom. The molecule has 142 valence electrons. The standard InChI is InChI=1S/C20H24N4O3/c1-6-13-7-8-14(21-10-13)11-24(2)20-15-9-16(25-3)18(26-4)19(27-5)17(15)22-12-23-20/h7-10,12H,6,11H2,1-5H3. The molecule has 0 saturated carbocycles. The van der Waals surface area contributed by atoms with Gasteiger partial charge in [0.15, 0.2) is 11.5 Å². The molecule has 27 heavy (non-hydrogen) atoms. The average Bonchev–Trinajstić information content (AvgIpc) is 2.72. The van der Waals surface area contributed by atoms with Gasteiger partial charge in [-0.05, 0) is 24.1 Å². The summed E-state index contributed by atoms with van der Waals surface area (Å²) in [6.45, 7) is 2.73. The van der Waals surface area contributed by atoms with Gasteiger partial charge in [0.1, 0.15) is 17.7 Å². The van der Waals surface area contributed by atoms with Gasteiger partial charge in [-0.1, -0.05) is 13.0 Å². The molecule has 0 unspecified atom stereocenters. The van der Waals surface area contributed by atoms with Crippen LogP contribution in [0.5, 0.6) is 17.2 Å². The number of anilines is 1. The number of ether oxygens (including phenoxy) is 3. The lowest BCUT2D eigenvalue weighted by atomic mass is 10.1. The number of rotatable bonds is 7. The van der Waals surface area contributed by atoms with Gasteiger partial charge in [0.05, 0.1) is 39.0 Å². The summed E-state index contributed by atoms with van der Waals surface area (Å²) in [5.74, 6) is 2.36. The summed E-state index contributed by atoms with van der Waals surface area (Å²) in [4.78, 5) is 15.4. The molecule has 0 amide bonds. The maximum absolute atomic E-state index is 5.54. The van der Waals surface area contributed by atoms with Crippen LogP contribution in [0, 0.1) is 0 Å². The Bertz CT molecular complexity index is 929. The van der Waals surface area contributed by atoms with Gasteiger partial charge in [-0.2, -0.15) is 0 Å². The van der Waals surface area contributed by atoms with Crippen molar-refractivity contribution in [2.45, 2.75) is 19.9 Å². The topological polar surface area (TPSA) is 69.6 Å². The smallest absolute Gasteiger partial charge is 0.205 e. The van der Waals surface area contributed by atoms with Gasteiger partial charge in [-0.25, -0.2) is 9.97 Å². The molecule has 0 atom stereocenters. The van der Waals surface area contributed by atoms with Gasteiger partial charge >= 0.3 is 0 Å². The number of benzene rings is 1. The number of aryl methyl sites for hydroxylation is 1. The molecule has 3 aromatic rings. The van der Waals surface area contributed by atoms with Crippen LogP contribution >= 0.6 is 0 Å². The van der Waals surface area contributed by atoms with E-state index in [2.05, 4.69) is 27.9 Å². The summed E-state index contributed by atoms with van der Waals surface area (Å²) in [5.41, 5.74) is 2.85. The second-order valence-corrected chi connectivity index (χ2v) is 6.11. The highest BCUT2D eigenvalue weighted by atomic mass is 16.5. The number of fused-ring (bicyclic) bond motifs is 1. The second-order valence-electron chi connectivity index (χ2n) is 6.11. The summed E-state index contributed by atoms with van der Waals surface area (Å²) < 4.78 is 16.5. The van der Waals surface area contributed by atoms with Crippen molar-refractivity contribution in [3.63, 3.8) is 0 Å². The quantitative estimate of drug-likeness (QED) is 0.634. The number of hydrogen-bond donors (Lipinski definition) is 0. The van der Waals surface area contributed by atoms with Crippen molar-refractivity contribution in [1.82, 2.24) is 15.0 Å². The van der Waals surface area contributed by atoms with E-state index >= 15 is 0 Å². The van der Waals surface area contributed by atoms with Crippen LogP contribution in [0.1, 0.15) is 18.2 Å². The minimum atomic E-state index is 0.511. The fourth-order valence-corrected chi connectivity index (χ4v) is 3.03. The molecule has 0 spiro atoms. The van der Waals surface area contributed by atoms with Crippen LogP contribution in [0.15, 0.2) is 30.7 Å². The van der Waals surface area contributed by atoms with E-state index in [4.69, 9.17) is 14.2 Å². The summed E-state index contributed by atoms with van der Waals surface area (Å²) in [6.07, 6.45) is 4.41. The zero-order valence-electron chi connectivity index (χ0n) is 16.3. The molecule has 0 fully saturated rings. The monoisotopic (exact) mass is 368 g/mol. The maximum Gasteiger partial charge on any atom is 0.205 e. The third-order valence-electron chi connectivity index (χ3n) is 4.47. The van der Waals surface area contributed by atoms with Crippen LogP contribution in [0.3, 0.4) is 0 Å². The lowest BCUT2D eigenvalue weighted by molar-refractivity contribution is 0.327. The molecule has 0 aliphatic carbocycles. The third-order valence-corrected chi connectivity index (χ3v) is 4.47. The van der Waals surface area contributed by atoms with E-state index < -0.39 is 0 Å². The third kappa shape index (κ3) is 3.58. The normalized spacial score (nSPS) is 10.7. The number of hydrogen-bond acceptors (Lipinski definition) is 7. The molecular weight excluding hydrogens is 344 g/mol. The van der Waals surface area contributed by atoms with Crippen molar-refractivity contribution >= 4 is 16.7 Å². The van der Waals surface area contributed by atoms with E-state index in [1.165, 1.54) is 11.9 Å². The lowest BCUT2D eigenvalue weighted by Crippen LogP contribution is -2.19. The van der Waals surface area contributed by atoms with E-state index in [1.54, 1.807) is 21.3 Å². The zero-order valence-corrected chi connectivity index (χ0v) is 16.3.